The second-order valence-corrected chi connectivity index (χ2v) is 6.42. The average molecular weight is 375 g/mol. The van der Waals surface area contributed by atoms with E-state index in [1.807, 2.05) is 34.5 Å². The number of carbonyl (C=O) groups excluding carboxylic acids is 4. The Hall–Kier alpha value is -2.00. The van der Waals surface area contributed by atoms with Crippen LogP contribution in [0.2, 0.25) is 0 Å². The van der Waals surface area contributed by atoms with Crippen molar-refractivity contribution in [3.05, 3.63) is 0 Å². The maximum atomic E-state index is 12.2. The molecule has 0 aromatic rings. The van der Waals surface area contributed by atoms with Crippen LogP contribution in [0.3, 0.4) is 0 Å². The molecule has 2 amide bonds. The van der Waals surface area contributed by atoms with Gasteiger partial charge in [-0.2, -0.15) is 0 Å². The van der Waals surface area contributed by atoms with Crippen molar-refractivity contribution in [2.24, 2.45) is 5.73 Å². The highest BCUT2D eigenvalue weighted by Crippen LogP contribution is 2.17. The Morgan fingerprint density at radius 3 is 2.31 bits per heavy atom. The fourth-order valence-electron chi connectivity index (χ4n) is 2.18. The topological polar surface area (TPSA) is 128 Å². The molecule has 0 unspecified atom stereocenters. The minimum Gasteiger partial charge on any atom is -0.462 e. The summed E-state index contributed by atoms with van der Waals surface area (Å²) in [4.78, 5) is 42.5. The van der Waals surface area contributed by atoms with Gasteiger partial charge in [0.25, 0.3) is 6.47 Å². The van der Waals surface area contributed by atoms with E-state index in [1.165, 1.54) is 0 Å². The quantitative estimate of drug-likeness (QED) is 0.593. The van der Waals surface area contributed by atoms with Crippen LogP contribution >= 0.6 is 0 Å². The maximum absolute atomic E-state index is 12.2. The summed E-state index contributed by atoms with van der Waals surface area (Å²) in [5.41, 5.74) is 4.97. The lowest BCUT2D eigenvalue weighted by atomic mass is 10.2. The smallest absolute Gasteiger partial charge is 0.293 e. The number of hydrogen-bond acceptors (Lipinski definition) is 7. The molecule has 1 aliphatic heterocycles. The van der Waals surface area contributed by atoms with Crippen molar-refractivity contribution < 1.29 is 28.7 Å². The lowest BCUT2D eigenvalue weighted by Crippen LogP contribution is -2.52. The highest BCUT2D eigenvalue weighted by atomic mass is 16.5. The molecule has 1 saturated heterocycles. The number of nitrogens with one attached hydrogen (secondary N) is 1. The molecule has 0 radical (unpaired) electrons. The number of likely N-dealkylation sites (tertiary alicyclic amines) is 1. The third-order valence-corrected chi connectivity index (χ3v) is 3.40. The van der Waals surface area contributed by atoms with Gasteiger partial charge in [0.05, 0.1) is 6.61 Å². The van der Waals surface area contributed by atoms with Gasteiger partial charge in [0.15, 0.2) is 0 Å². The van der Waals surface area contributed by atoms with Gasteiger partial charge in [-0.15, -0.1) is 0 Å². The molecule has 9 nitrogen and oxygen atoms in total. The molecule has 1 aliphatic rings. The van der Waals surface area contributed by atoms with Crippen LogP contribution in [0.1, 0.15) is 40.5 Å². The predicted octanol–water partition coefficient (Wildman–Crippen LogP) is -0.140. The zero-order valence-electron chi connectivity index (χ0n) is 16.4. The van der Waals surface area contributed by atoms with Crippen molar-refractivity contribution in [1.82, 2.24) is 10.2 Å². The molecule has 0 saturated carbocycles. The summed E-state index contributed by atoms with van der Waals surface area (Å²) in [5, 5.41) is 2.90. The van der Waals surface area contributed by atoms with E-state index in [4.69, 9.17) is 15.3 Å². The van der Waals surface area contributed by atoms with Crippen molar-refractivity contribution in [3.8, 4) is 0 Å². The molecule has 1 fully saturated rings. The molecule has 0 aromatic carbocycles. The van der Waals surface area contributed by atoms with Gasteiger partial charge in [-0.05, 0) is 47.6 Å². The van der Waals surface area contributed by atoms with Crippen molar-refractivity contribution in [2.75, 3.05) is 26.8 Å². The summed E-state index contributed by atoms with van der Waals surface area (Å²) < 4.78 is 9.79. The van der Waals surface area contributed by atoms with Gasteiger partial charge in [-0.25, -0.2) is 0 Å². The van der Waals surface area contributed by atoms with Crippen LogP contribution in [0.5, 0.6) is 0 Å². The summed E-state index contributed by atoms with van der Waals surface area (Å²) in [6, 6.07) is -0.866. The first-order valence-corrected chi connectivity index (χ1v) is 8.43. The number of ether oxygens (including phenoxy) is 2. The summed E-state index contributed by atoms with van der Waals surface area (Å²) >= 11 is 0. The van der Waals surface area contributed by atoms with E-state index in [2.05, 4.69) is 10.1 Å². The van der Waals surface area contributed by atoms with Crippen LogP contribution in [-0.4, -0.2) is 74.5 Å². The fraction of sp³-hybridized carbons (Fsp3) is 0.765. The van der Waals surface area contributed by atoms with E-state index in [1.54, 1.807) is 11.9 Å². The molecular weight excluding hydrogens is 342 g/mol. The molecule has 152 valence electrons. The van der Waals surface area contributed by atoms with E-state index in [9.17, 15) is 14.4 Å². The molecule has 0 aromatic heterocycles. The molecule has 1 rings (SSSR count). The van der Waals surface area contributed by atoms with E-state index in [0.29, 0.717) is 32.7 Å². The Balaban J connectivity index is 0. The Bertz CT molecular complexity index is 425. The Labute approximate surface area is 155 Å². The normalized spacial score (nSPS) is 17.1. The number of hydrogen-bond donors (Lipinski definition) is 2. The average Bonchev–Trinajstić information content (AvgIpc) is 3.06. The van der Waals surface area contributed by atoms with E-state index in [-0.39, 0.29) is 11.5 Å². The van der Waals surface area contributed by atoms with Crippen molar-refractivity contribution in [1.29, 1.82) is 0 Å². The van der Waals surface area contributed by atoms with Crippen molar-refractivity contribution >= 4 is 25.1 Å². The van der Waals surface area contributed by atoms with Crippen molar-refractivity contribution in [3.63, 3.8) is 0 Å². The van der Waals surface area contributed by atoms with E-state index < -0.39 is 18.0 Å². The SMILES string of the molecule is C=O.CC(C)(C)OC=O.CCOC[C@H](NC)C(=O)N1CCC[C@H]1C(N)=O. The van der Waals surface area contributed by atoms with Crippen LogP contribution in [0.25, 0.3) is 0 Å². The molecule has 0 bridgehead atoms. The zero-order chi connectivity index (χ0) is 20.8. The van der Waals surface area contributed by atoms with Gasteiger partial charge >= 0.3 is 0 Å². The molecule has 26 heavy (non-hydrogen) atoms. The standard InChI is InChI=1S/C11H21N3O3.C5H10O2.CH2O/c1-3-17-7-8(13-2)11(16)14-6-4-5-9(14)10(12)15;1-5(2,3)7-4-6;1-2/h8-9,13H,3-7H2,1-2H3,(H2,12,15);4H,1-3H3;1H2/t8-,9-;;/m0../s1. The number of nitrogens with two attached hydrogens (primary N) is 1. The lowest BCUT2D eigenvalue weighted by Gasteiger charge is -2.26. The minimum absolute atomic E-state index is 0.109. The largest absolute Gasteiger partial charge is 0.462 e. The fourth-order valence-corrected chi connectivity index (χ4v) is 2.18. The summed E-state index contributed by atoms with van der Waals surface area (Å²) in [6.07, 6.45) is 1.48. The predicted molar refractivity (Wildman–Crippen MR) is 97.3 cm³/mol. The van der Waals surface area contributed by atoms with Gasteiger partial charge in [0, 0.05) is 13.2 Å². The zero-order valence-corrected chi connectivity index (χ0v) is 16.4. The van der Waals surface area contributed by atoms with Gasteiger partial charge < -0.3 is 30.2 Å². The lowest BCUT2D eigenvalue weighted by molar-refractivity contribution is -0.140. The van der Waals surface area contributed by atoms with Gasteiger partial charge in [-0.1, -0.05) is 0 Å². The monoisotopic (exact) mass is 375 g/mol. The molecule has 0 spiro atoms. The highest BCUT2D eigenvalue weighted by molar-refractivity contribution is 5.89. The van der Waals surface area contributed by atoms with Crippen LogP contribution in [0.4, 0.5) is 0 Å². The number of rotatable bonds is 7. The molecular formula is C17H33N3O6. The molecule has 9 heteroatoms. The summed E-state index contributed by atoms with van der Waals surface area (Å²) in [6.45, 7) is 11.3. The molecule has 0 aliphatic carbocycles. The maximum Gasteiger partial charge on any atom is 0.293 e. The Morgan fingerprint density at radius 2 is 1.96 bits per heavy atom. The first-order chi connectivity index (χ1) is 12.2. The van der Waals surface area contributed by atoms with Crippen LogP contribution in [-0.2, 0) is 28.7 Å². The van der Waals surface area contributed by atoms with Crippen LogP contribution < -0.4 is 11.1 Å². The van der Waals surface area contributed by atoms with Crippen LogP contribution in [0, 0.1) is 0 Å². The number of nitrogens with zero attached hydrogens (tertiary/aromatic N) is 1. The summed E-state index contributed by atoms with van der Waals surface area (Å²) in [5.74, 6) is -0.538. The molecule has 2 atom stereocenters. The third-order valence-electron chi connectivity index (χ3n) is 3.40. The van der Waals surface area contributed by atoms with Gasteiger partial charge in [-0.3, -0.25) is 14.4 Å². The van der Waals surface area contributed by atoms with E-state index in [0.717, 1.165) is 6.42 Å². The number of primary amides is 1. The molecule has 3 N–H and O–H groups in total. The Kier molecular flexibility index (Phi) is 14.3. The van der Waals surface area contributed by atoms with Gasteiger partial charge in [0.1, 0.15) is 24.5 Å². The number of likely N-dealkylation sites (N-methyl/N-ethyl adjacent to an activating group) is 1. The number of amides is 2. The Morgan fingerprint density at radius 1 is 1.38 bits per heavy atom. The summed E-state index contributed by atoms with van der Waals surface area (Å²) in [7, 11) is 1.71. The van der Waals surface area contributed by atoms with E-state index >= 15 is 0 Å². The third kappa shape index (κ3) is 10.8. The molecule has 1 heterocycles. The van der Waals surface area contributed by atoms with Gasteiger partial charge in [0.2, 0.25) is 11.8 Å². The van der Waals surface area contributed by atoms with Crippen LogP contribution in [0.15, 0.2) is 0 Å². The number of carbonyl (C=O) groups is 4. The first-order valence-electron chi connectivity index (χ1n) is 8.43. The first kappa shape index (κ1) is 26.2. The second kappa shape index (κ2) is 14.2. The highest BCUT2D eigenvalue weighted by Gasteiger charge is 2.35. The minimum atomic E-state index is -0.458. The van der Waals surface area contributed by atoms with Crippen molar-refractivity contribution in [2.45, 2.75) is 58.2 Å². The second-order valence-electron chi connectivity index (χ2n) is 6.42.